The molecule has 5 nitrogen and oxygen atoms in total. The molecule has 3 N–H and O–H groups in total. The van der Waals surface area contributed by atoms with E-state index in [9.17, 15) is 5.11 Å². The van der Waals surface area contributed by atoms with E-state index < -0.39 is 0 Å². The van der Waals surface area contributed by atoms with Crippen molar-refractivity contribution in [2.45, 2.75) is 31.8 Å². The first-order valence-electron chi connectivity index (χ1n) is 6.22. The summed E-state index contributed by atoms with van der Waals surface area (Å²) in [4.78, 5) is 4.10. The number of aromatic hydroxyl groups is 1. The van der Waals surface area contributed by atoms with Crippen molar-refractivity contribution in [1.82, 2.24) is 20.5 Å². The third-order valence-electron chi connectivity index (χ3n) is 3.42. The predicted molar refractivity (Wildman–Crippen MR) is 67.0 cm³/mol. The van der Waals surface area contributed by atoms with Crippen LogP contribution in [0.5, 0.6) is 5.75 Å². The van der Waals surface area contributed by atoms with Crippen molar-refractivity contribution in [3.8, 4) is 5.75 Å². The number of aromatic amines is 1. The Labute approximate surface area is 105 Å². The maximum Gasteiger partial charge on any atom is 0.138 e. The largest absolute Gasteiger partial charge is 0.508 e. The molecule has 1 unspecified atom stereocenters. The topological polar surface area (TPSA) is 73.8 Å². The van der Waals surface area contributed by atoms with E-state index in [-0.39, 0.29) is 0 Å². The number of nitrogens with one attached hydrogen (secondary N) is 2. The van der Waals surface area contributed by atoms with Gasteiger partial charge in [0, 0.05) is 6.04 Å². The van der Waals surface area contributed by atoms with Crippen LogP contribution in [0.25, 0.3) is 0 Å². The zero-order chi connectivity index (χ0) is 12.4. The summed E-state index contributed by atoms with van der Waals surface area (Å²) in [5.41, 5.74) is 2.54. The minimum atomic E-state index is 0.333. The summed E-state index contributed by atoms with van der Waals surface area (Å²) in [5, 5.41) is 19.7. The van der Waals surface area contributed by atoms with E-state index in [0.29, 0.717) is 18.3 Å². The normalized spacial score (nSPS) is 18.6. The van der Waals surface area contributed by atoms with Gasteiger partial charge < -0.3 is 10.4 Å². The average molecular weight is 244 g/mol. The lowest BCUT2D eigenvalue weighted by Crippen LogP contribution is -2.25. The van der Waals surface area contributed by atoms with Gasteiger partial charge in [-0.05, 0) is 42.5 Å². The monoisotopic (exact) mass is 244 g/mol. The van der Waals surface area contributed by atoms with Gasteiger partial charge in [0.15, 0.2) is 0 Å². The van der Waals surface area contributed by atoms with Crippen LogP contribution in [-0.2, 0) is 13.0 Å². The Hall–Kier alpha value is -1.88. The van der Waals surface area contributed by atoms with Crippen LogP contribution >= 0.6 is 0 Å². The Balaban J connectivity index is 1.75. The molecule has 0 amide bonds. The number of nitrogens with zero attached hydrogens (tertiary/aromatic N) is 2. The molecular weight excluding hydrogens is 228 g/mol. The number of phenolic OH excluding ortho intramolecular Hbond substituents is 1. The minimum absolute atomic E-state index is 0.333. The third-order valence-corrected chi connectivity index (χ3v) is 3.42. The maximum atomic E-state index is 9.51. The molecule has 1 aliphatic carbocycles. The summed E-state index contributed by atoms with van der Waals surface area (Å²) in [6.07, 6.45) is 4.82. The summed E-state index contributed by atoms with van der Waals surface area (Å²) in [5.74, 6) is 1.20. The Kier molecular flexibility index (Phi) is 2.98. The summed E-state index contributed by atoms with van der Waals surface area (Å²) < 4.78 is 0. The lowest BCUT2D eigenvalue weighted by Gasteiger charge is -2.26. The molecule has 0 aliphatic heterocycles. The molecule has 1 aromatic heterocycles. The van der Waals surface area contributed by atoms with E-state index >= 15 is 0 Å². The Bertz CT molecular complexity index is 524. The van der Waals surface area contributed by atoms with Gasteiger partial charge >= 0.3 is 0 Å². The molecule has 5 heteroatoms. The van der Waals surface area contributed by atoms with Crippen molar-refractivity contribution >= 4 is 0 Å². The molecule has 1 aromatic carbocycles. The minimum Gasteiger partial charge on any atom is -0.508 e. The van der Waals surface area contributed by atoms with Crippen molar-refractivity contribution in [1.29, 1.82) is 0 Å². The fourth-order valence-electron chi connectivity index (χ4n) is 2.55. The average Bonchev–Trinajstić information content (AvgIpc) is 2.89. The van der Waals surface area contributed by atoms with Crippen LogP contribution in [0, 0.1) is 0 Å². The molecule has 0 saturated heterocycles. The van der Waals surface area contributed by atoms with Gasteiger partial charge in [-0.2, -0.15) is 5.10 Å². The molecule has 0 bridgehead atoms. The number of aromatic nitrogens is 3. The van der Waals surface area contributed by atoms with E-state index in [2.05, 4.69) is 20.5 Å². The molecular formula is C13H16N4O. The first-order chi connectivity index (χ1) is 8.83. The number of aryl methyl sites for hydroxylation is 1. The molecule has 1 atom stereocenters. The smallest absolute Gasteiger partial charge is 0.138 e. The van der Waals surface area contributed by atoms with E-state index in [1.807, 2.05) is 12.1 Å². The molecule has 0 spiro atoms. The van der Waals surface area contributed by atoms with Crippen molar-refractivity contribution in [3.05, 3.63) is 41.5 Å². The first kappa shape index (κ1) is 11.2. The van der Waals surface area contributed by atoms with E-state index in [1.165, 1.54) is 17.5 Å². The fourth-order valence-corrected chi connectivity index (χ4v) is 2.55. The van der Waals surface area contributed by atoms with Gasteiger partial charge in [0.1, 0.15) is 17.9 Å². The number of phenols is 1. The van der Waals surface area contributed by atoms with Gasteiger partial charge in [-0.3, -0.25) is 5.10 Å². The molecule has 0 saturated carbocycles. The van der Waals surface area contributed by atoms with E-state index in [1.54, 1.807) is 6.07 Å². The highest BCUT2D eigenvalue weighted by molar-refractivity contribution is 5.38. The van der Waals surface area contributed by atoms with Crippen LogP contribution in [0.4, 0.5) is 0 Å². The molecule has 0 fully saturated rings. The third kappa shape index (κ3) is 2.22. The molecule has 18 heavy (non-hydrogen) atoms. The van der Waals surface area contributed by atoms with Gasteiger partial charge in [-0.1, -0.05) is 6.07 Å². The van der Waals surface area contributed by atoms with Crippen LogP contribution in [-0.4, -0.2) is 20.3 Å². The Morgan fingerprint density at radius 2 is 2.39 bits per heavy atom. The molecule has 2 aromatic rings. The molecule has 0 radical (unpaired) electrons. The summed E-state index contributed by atoms with van der Waals surface area (Å²) in [6.45, 7) is 0.685. The number of fused-ring (bicyclic) bond motifs is 1. The highest BCUT2D eigenvalue weighted by Gasteiger charge is 2.20. The van der Waals surface area contributed by atoms with E-state index in [0.717, 1.165) is 25.1 Å². The maximum absolute atomic E-state index is 9.51. The Morgan fingerprint density at radius 1 is 1.44 bits per heavy atom. The second kappa shape index (κ2) is 4.78. The predicted octanol–water partition coefficient (Wildman–Crippen LogP) is 1.68. The fraction of sp³-hybridized carbons (Fsp3) is 0.385. The van der Waals surface area contributed by atoms with Crippen LogP contribution in [0.3, 0.4) is 0 Å². The van der Waals surface area contributed by atoms with Gasteiger partial charge in [0.2, 0.25) is 0 Å². The van der Waals surface area contributed by atoms with Gasteiger partial charge in [-0.25, -0.2) is 4.98 Å². The van der Waals surface area contributed by atoms with Crippen LogP contribution in [0.15, 0.2) is 24.5 Å². The van der Waals surface area contributed by atoms with E-state index in [4.69, 9.17) is 0 Å². The first-order valence-corrected chi connectivity index (χ1v) is 6.22. The Morgan fingerprint density at radius 3 is 3.22 bits per heavy atom. The van der Waals surface area contributed by atoms with Crippen molar-refractivity contribution in [2.24, 2.45) is 0 Å². The second-order valence-corrected chi connectivity index (χ2v) is 4.64. The molecule has 1 aliphatic rings. The summed E-state index contributed by atoms with van der Waals surface area (Å²) in [7, 11) is 0. The summed E-state index contributed by atoms with van der Waals surface area (Å²) >= 11 is 0. The molecule has 3 rings (SSSR count). The number of rotatable bonds is 3. The van der Waals surface area contributed by atoms with Gasteiger partial charge in [-0.15, -0.1) is 0 Å². The van der Waals surface area contributed by atoms with Gasteiger partial charge in [0.25, 0.3) is 0 Å². The molecule has 1 heterocycles. The quantitative estimate of drug-likeness (QED) is 0.768. The van der Waals surface area contributed by atoms with Crippen LogP contribution in [0.1, 0.15) is 35.8 Å². The van der Waals surface area contributed by atoms with Crippen molar-refractivity contribution in [2.75, 3.05) is 0 Å². The molecule has 94 valence electrons. The lowest BCUT2D eigenvalue weighted by molar-refractivity contribution is 0.445. The zero-order valence-corrected chi connectivity index (χ0v) is 10.1. The number of hydrogen-bond acceptors (Lipinski definition) is 4. The number of hydrogen-bond donors (Lipinski definition) is 3. The van der Waals surface area contributed by atoms with Gasteiger partial charge in [0.05, 0.1) is 6.54 Å². The zero-order valence-electron chi connectivity index (χ0n) is 10.1. The highest BCUT2D eigenvalue weighted by atomic mass is 16.3. The van der Waals surface area contributed by atoms with Crippen molar-refractivity contribution in [3.63, 3.8) is 0 Å². The van der Waals surface area contributed by atoms with Crippen LogP contribution in [0.2, 0.25) is 0 Å². The van der Waals surface area contributed by atoms with Crippen LogP contribution < -0.4 is 5.32 Å². The number of benzene rings is 1. The summed E-state index contributed by atoms with van der Waals surface area (Å²) in [6, 6.07) is 5.98. The SMILES string of the molecule is Oc1ccc2c(c1)CCCC2NCc1ncn[nH]1. The lowest BCUT2D eigenvalue weighted by atomic mass is 9.87. The second-order valence-electron chi connectivity index (χ2n) is 4.64. The highest BCUT2D eigenvalue weighted by Crippen LogP contribution is 2.31. The number of H-pyrrole nitrogens is 1. The van der Waals surface area contributed by atoms with Crippen molar-refractivity contribution < 1.29 is 5.11 Å². The standard InChI is InChI=1S/C13H16N4O/c18-10-4-5-11-9(6-10)2-1-3-12(11)14-7-13-15-8-16-17-13/h4-6,8,12,14,18H,1-3,7H2,(H,15,16,17).